The van der Waals surface area contributed by atoms with Crippen LogP contribution in [-0.4, -0.2) is 44.0 Å². The van der Waals surface area contributed by atoms with E-state index in [1.165, 1.54) is 36.6 Å². The Morgan fingerprint density at radius 2 is 1.53 bits per heavy atom. The molecule has 0 aromatic carbocycles. The molecule has 0 aliphatic carbocycles. The number of nitrogens with zero attached hydrogens (tertiary/aromatic N) is 8. The van der Waals surface area contributed by atoms with Gasteiger partial charge in [-0.25, -0.2) is 14.3 Å². The highest BCUT2D eigenvalue weighted by Crippen LogP contribution is 2.19. The molecule has 4 rings (SSSR count). The normalized spacial score (nSPS) is 12.3. The van der Waals surface area contributed by atoms with Crippen LogP contribution < -0.4 is 22.5 Å². The molecule has 0 aliphatic heterocycles. The van der Waals surface area contributed by atoms with Crippen LogP contribution in [0.5, 0.6) is 0 Å². The molecule has 4 heterocycles. The van der Waals surface area contributed by atoms with Crippen molar-refractivity contribution in [3.63, 3.8) is 0 Å². The van der Waals surface area contributed by atoms with Crippen LogP contribution in [0.2, 0.25) is 0 Å². The summed E-state index contributed by atoms with van der Waals surface area (Å²) in [6, 6.07) is 0. The van der Waals surface area contributed by atoms with Crippen molar-refractivity contribution in [3.05, 3.63) is 54.1 Å². The first-order valence-electron chi connectivity index (χ1n) is 9.26. The van der Waals surface area contributed by atoms with Gasteiger partial charge in [-0.1, -0.05) is 0 Å². The van der Waals surface area contributed by atoms with Crippen molar-refractivity contribution < 1.29 is 13.2 Å². The Balaban J connectivity index is 1.78. The van der Waals surface area contributed by atoms with E-state index < -0.39 is 35.2 Å². The summed E-state index contributed by atoms with van der Waals surface area (Å²) in [5, 5.41) is 7.73. The molecule has 0 N–H and O–H groups in total. The molecule has 32 heavy (non-hydrogen) atoms. The van der Waals surface area contributed by atoms with E-state index in [-0.39, 0.29) is 35.2 Å². The van der Waals surface area contributed by atoms with E-state index >= 15 is 0 Å². The van der Waals surface area contributed by atoms with Crippen molar-refractivity contribution in [2.24, 2.45) is 21.1 Å². The fraction of sp³-hybridized carbons (Fsp3) is 0.412. The Labute approximate surface area is 174 Å². The summed E-state index contributed by atoms with van der Waals surface area (Å²) in [5.41, 5.74) is -2.91. The molecule has 0 bridgehead atoms. The fourth-order valence-corrected chi connectivity index (χ4v) is 3.53. The molecule has 4 aromatic rings. The number of hydrogen-bond acceptors (Lipinski definition) is 6. The summed E-state index contributed by atoms with van der Waals surface area (Å²) >= 11 is 0. The predicted molar refractivity (Wildman–Crippen MR) is 106 cm³/mol. The molecule has 15 heteroatoms. The van der Waals surface area contributed by atoms with Crippen LogP contribution >= 0.6 is 0 Å². The zero-order chi connectivity index (χ0) is 23.5. The average Bonchev–Trinajstić information content (AvgIpc) is 3.32. The summed E-state index contributed by atoms with van der Waals surface area (Å²) in [7, 11) is 4.10. The number of aryl methyl sites for hydroxylation is 3. The van der Waals surface area contributed by atoms with Crippen molar-refractivity contribution in [2.75, 3.05) is 0 Å². The van der Waals surface area contributed by atoms with E-state index in [4.69, 9.17) is 0 Å². The molecule has 0 amide bonds. The maximum atomic E-state index is 12.9. The van der Waals surface area contributed by atoms with Gasteiger partial charge in [-0.15, -0.1) is 0 Å². The molecule has 170 valence electrons. The molecule has 4 aromatic heterocycles. The zero-order valence-electron chi connectivity index (χ0n) is 17.1. The molecular weight excluding hydrogens is 437 g/mol. The first-order valence-corrected chi connectivity index (χ1v) is 9.26. The minimum Gasteiger partial charge on any atom is -0.293 e. The second-order valence-corrected chi connectivity index (χ2v) is 7.28. The Hall–Kier alpha value is -3.91. The third-order valence-electron chi connectivity index (χ3n) is 5.21. The van der Waals surface area contributed by atoms with Crippen molar-refractivity contribution in [1.82, 2.24) is 37.8 Å². The topological polar surface area (TPSA) is 124 Å². The van der Waals surface area contributed by atoms with E-state index in [1.54, 1.807) is 0 Å². The van der Waals surface area contributed by atoms with Crippen LogP contribution in [-0.2, 0) is 40.8 Å². The van der Waals surface area contributed by atoms with E-state index in [0.29, 0.717) is 4.68 Å². The van der Waals surface area contributed by atoms with Crippen LogP contribution in [0.1, 0.15) is 0 Å². The lowest BCUT2D eigenvalue weighted by Crippen LogP contribution is -2.40. The molecule has 0 unspecified atom stereocenters. The maximum Gasteiger partial charge on any atom is 0.408 e. The van der Waals surface area contributed by atoms with Crippen LogP contribution in [0.25, 0.3) is 22.1 Å². The lowest BCUT2D eigenvalue weighted by atomic mass is 10.4. The molecule has 0 saturated carbocycles. The lowest BCUT2D eigenvalue weighted by molar-refractivity contribution is -0.141. The van der Waals surface area contributed by atoms with Gasteiger partial charge >= 0.3 is 17.6 Å². The van der Waals surface area contributed by atoms with Crippen molar-refractivity contribution in [2.45, 2.75) is 25.8 Å². The maximum absolute atomic E-state index is 12.9. The van der Waals surface area contributed by atoms with E-state index in [0.717, 1.165) is 19.9 Å². The minimum atomic E-state index is -4.61. The van der Waals surface area contributed by atoms with Gasteiger partial charge in [0.1, 0.15) is 6.54 Å². The third kappa shape index (κ3) is 3.25. The highest BCUT2D eigenvalue weighted by atomic mass is 19.4. The number of fused-ring (bicyclic) bond motifs is 2. The Morgan fingerprint density at radius 1 is 0.875 bits per heavy atom. The SMILES string of the molecule is Cn1c(=O)c2nn(CCn3c(=O)c4c(cnn4CC(F)(F)F)n(C)c3=O)cc2n(C)c1=O. The van der Waals surface area contributed by atoms with Gasteiger partial charge in [0.05, 0.1) is 30.3 Å². The lowest BCUT2D eigenvalue weighted by Gasteiger charge is -2.11. The average molecular weight is 454 g/mol. The summed E-state index contributed by atoms with van der Waals surface area (Å²) in [6.45, 7) is -1.77. The number of halogens is 3. The van der Waals surface area contributed by atoms with E-state index in [9.17, 15) is 32.3 Å². The van der Waals surface area contributed by atoms with Gasteiger partial charge in [0.2, 0.25) is 0 Å². The van der Waals surface area contributed by atoms with Gasteiger partial charge < -0.3 is 0 Å². The predicted octanol–water partition coefficient (Wildman–Crippen LogP) is -1.09. The third-order valence-corrected chi connectivity index (χ3v) is 5.21. The zero-order valence-corrected chi connectivity index (χ0v) is 17.1. The smallest absolute Gasteiger partial charge is 0.293 e. The van der Waals surface area contributed by atoms with Gasteiger partial charge in [-0.2, -0.15) is 23.4 Å². The van der Waals surface area contributed by atoms with E-state index in [2.05, 4.69) is 10.2 Å². The highest BCUT2D eigenvalue weighted by molar-refractivity contribution is 5.73. The fourth-order valence-electron chi connectivity index (χ4n) is 3.53. The molecule has 0 aliphatic rings. The Bertz CT molecular complexity index is 1610. The molecule has 0 atom stereocenters. The standard InChI is InChI=1S/C17H17F3N8O4/c1-23-9-6-21-28(8-17(18,19)20)12(9)14(30)27(16(23)32)5-4-26-7-10-11(22-26)13(29)25(3)15(31)24(10)2/h6-7H,4-5,8H2,1-3H3. The van der Waals surface area contributed by atoms with Crippen LogP contribution in [0.4, 0.5) is 13.2 Å². The van der Waals surface area contributed by atoms with Crippen molar-refractivity contribution >= 4 is 22.1 Å². The molecule has 0 saturated heterocycles. The number of hydrogen-bond donors (Lipinski definition) is 0. The number of alkyl halides is 3. The number of aromatic nitrogens is 8. The van der Waals surface area contributed by atoms with Gasteiger partial charge in [-0.3, -0.25) is 32.5 Å². The summed E-state index contributed by atoms with van der Waals surface area (Å²) in [6.07, 6.45) is -2.16. The minimum absolute atomic E-state index is 0.0218. The molecule has 0 spiro atoms. The number of rotatable bonds is 4. The van der Waals surface area contributed by atoms with Gasteiger partial charge in [-0.05, 0) is 0 Å². The molecule has 0 fully saturated rings. The molecule has 12 nitrogen and oxygen atoms in total. The van der Waals surface area contributed by atoms with Crippen molar-refractivity contribution in [3.8, 4) is 0 Å². The molecular formula is C17H17F3N8O4. The van der Waals surface area contributed by atoms with E-state index in [1.807, 2.05) is 0 Å². The largest absolute Gasteiger partial charge is 0.408 e. The second-order valence-electron chi connectivity index (χ2n) is 7.28. The highest BCUT2D eigenvalue weighted by Gasteiger charge is 2.30. The summed E-state index contributed by atoms with van der Waals surface area (Å²) in [5.74, 6) is 0. The van der Waals surface area contributed by atoms with Gasteiger partial charge in [0, 0.05) is 27.3 Å². The molecule has 0 radical (unpaired) electrons. The van der Waals surface area contributed by atoms with Gasteiger partial charge in [0.15, 0.2) is 11.0 Å². The first kappa shape index (κ1) is 21.3. The van der Waals surface area contributed by atoms with Gasteiger partial charge in [0.25, 0.3) is 11.1 Å². The Kier molecular flexibility index (Phi) is 4.71. The first-order chi connectivity index (χ1) is 14.9. The monoisotopic (exact) mass is 454 g/mol. The van der Waals surface area contributed by atoms with Crippen LogP contribution in [0, 0.1) is 0 Å². The van der Waals surface area contributed by atoms with Crippen LogP contribution in [0.15, 0.2) is 31.6 Å². The van der Waals surface area contributed by atoms with Crippen LogP contribution in [0.3, 0.4) is 0 Å². The van der Waals surface area contributed by atoms with Crippen molar-refractivity contribution in [1.29, 1.82) is 0 Å². The summed E-state index contributed by atoms with van der Waals surface area (Å²) in [4.78, 5) is 49.8. The Morgan fingerprint density at radius 3 is 2.19 bits per heavy atom. The summed E-state index contributed by atoms with van der Waals surface area (Å²) < 4.78 is 44.3. The quantitative estimate of drug-likeness (QED) is 0.386. The second kappa shape index (κ2) is 7.06.